The van der Waals surface area contributed by atoms with Gasteiger partial charge in [0.1, 0.15) is 12.1 Å². The van der Waals surface area contributed by atoms with E-state index in [4.69, 9.17) is 10.5 Å². The Kier molecular flexibility index (Phi) is 4.50. The third-order valence-electron chi connectivity index (χ3n) is 3.55. The second kappa shape index (κ2) is 7.07. The summed E-state index contributed by atoms with van der Waals surface area (Å²) in [7, 11) is 1.99. The van der Waals surface area contributed by atoms with Gasteiger partial charge in [-0.2, -0.15) is 15.5 Å². The molecule has 2 aromatic carbocycles. The minimum absolute atomic E-state index is 0.0104. The van der Waals surface area contributed by atoms with Crippen molar-refractivity contribution in [3.05, 3.63) is 66.0 Å². The monoisotopic (exact) mass is 327 g/mol. The van der Waals surface area contributed by atoms with E-state index in [1.165, 1.54) is 0 Å². The SMILES string of the molecule is CN(c1ccccc1)c1ccc(N=Nc2nc(C#N)c(C#N)[nH]2)cc1. The summed E-state index contributed by atoms with van der Waals surface area (Å²) in [6, 6.07) is 21.2. The first kappa shape index (κ1) is 15.9. The fourth-order valence-corrected chi connectivity index (χ4v) is 2.22. The highest BCUT2D eigenvalue weighted by Crippen LogP contribution is 2.26. The summed E-state index contributed by atoms with van der Waals surface area (Å²) < 4.78 is 0. The van der Waals surface area contributed by atoms with Crippen molar-refractivity contribution < 1.29 is 0 Å². The molecule has 0 aliphatic carbocycles. The van der Waals surface area contributed by atoms with Crippen LogP contribution in [0.5, 0.6) is 0 Å². The largest absolute Gasteiger partial charge is 0.345 e. The minimum Gasteiger partial charge on any atom is -0.345 e. The van der Waals surface area contributed by atoms with Crippen LogP contribution in [0, 0.1) is 22.7 Å². The Morgan fingerprint density at radius 2 is 1.60 bits per heavy atom. The first-order chi connectivity index (χ1) is 12.2. The van der Waals surface area contributed by atoms with Crippen LogP contribution in [0.2, 0.25) is 0 Å². The number of azo groups is 1. The lowest BCUT2D eigenvalue weighted by Gasteiger charge is -2.19. The molecule has 0 aliphatic rings. The molecule has 1 N–H and O–H groups in total. The van der Waals surface area contributed by atoms with Crippen molar-refractivity contribution in [2.45, 2.75) is 0 Å². The number of anilines is 2. The number of aromatic nitrogens is 2. The van der Waals surface area contributed by atoms with Crippen LogP contribution < -0.4 is 4.90 Å². The van der Waals surface area contributed by atoms with Crippen molar-refractivity contribution in [1.82, 2.24) is 9.97 Å². The molecule has 3 aromatic rings. The highest BCUT2D eigenvalue weighted by molar-refractivity contribution is 5.63. The summed E-state index contributed by atoms with van der Waals surface area (Å²) in [5.74, 6) is 0.124. The van der Waals surface area contributed by atoms with E-state index in [1.54, 1.807) is 0 Å². The van der Waals surface area contributed by atoms with Crippen molar-refractivity contribution in [3.63, 3.8) is 0 Å². The van der Waals surface area contributed by atoms with Crippen LogP contribution in [0.4, 0.5) is 23.0 Å². The van der Waals surface area contributed by atoms with Gasteiger partial charge in [-0.1, -0.05) is 18.2 Å². The number of para-hydroxylation sites is 1. The van der Waals surface area contributed by atoms with E-state index >= 15 is 0 Å². The maximum absolute atomic E-state index is 8.88. The number of aromatic amines is 1. The molecule has 7 nitrogen and oxygen atoms in total. The lowest BCUT2D eigenvalue weighted by atomic mass is 10.2. The molecule has 0 aliphatic heterocycles. The zero-order chi connectivity index (χ0) is 17.6. The third kappa shape index (κ3) is 3.52. The van der Waals surface area contributed by atoms with Gasteiger partial charge in [0.25, 0.3) is 0 Å². The number of hydrogen-bond donors (Lipinski definition) is 1. The first-order valence-electron chi connectivity index (χ1n) is 7.42. The van der Waals surface area contributed by atoms with Gasteiger partial charge in [-0.15, -0.1) is 10.2 Å². The van der Waals surface area contributed by atoms with Crippen molar-refractivity contribution in [3.8, 4) is 12.1 Å². The van der Waals surface area contributed by atoms with Gasteiger partial charge in [0.15, 0.2) is 11.4 Å². The van der Waals surface area contributed by atoms with Gasteiger partial charge < -0.3 is 9.88 Å². The molecular weight excluding hydrogens is 314 g/mol. The molecule has 0 radical (unpaired) electrons. The smallest absolute Gasteiger partial charge is 0.249 e. The van der Waals surface area contributed by atoms with Crippen molar-refractivity contribution in [2.24, 2.45) is 10.2 Å². The molecule has 0 unspecified atom stereocenters. The number of nitrogens with one attached hydrogen (secondary N) is 1. The Balaban J connectivity index is 1.76. The first-order valence-corrected chi connectivity index (χ1v) is 7.42. The molecule has 3 rings (SSSR count). The predicted molar refractivity (Wildman–Crippen MR) is 93.1 cm³/mol. The molecule has 0 spiro atoms. The number of nitrogens with zero attached hydrogens (tertiary/aromatic N) is 6. The summed E-state index contributed by atoms with van der Waals surface area (Å²) in [6.45, 7) is 0. The van der Waals surface area contributed by atoms with Crippen LogP contribution >= 0.6 is 0 Å². The van der Waals surface area contributed by atoms with Crippen molar-refractivity contribution in [2.75, 3.05) is 11.9 Å². The predicted octanol–water partition coefficient (Wildman–Crippen LogP) is 4.34. The molecule has 0 bridgehead atoms. The summed E-state index contributed by atoms with van der Waals surface area (Å²) in [5.41, 5.74) is 2.83. The van der Waals surface area contributed by atoms with E-state index in [9.17, 15) is 0 Å². The van der Waals surface area contributed by atoms with Gasteiger partial charge >= 0.3 is 0 Å². The minimum atomic E-state index is 0.0104. The van der Waals surface area contributed by atoms with Gasteiger partial charge in [0, 0.05) is 18.4 Å². The highest BCUT2D eigenvalue weighted by Gasteiger charge is 2.08. The maximum atomic E-state index is 8.88. The van der Waals surface area contributed by atoms with Crippen LogP contribution in [0.25, 0.3) is 0 Å². The fourth-order valence-electron chi connectivity index (χ4n) is 2.22. The molecule has 0 fully saturated rings. The average molecular weight is 327 g/mol. The zero-order valence-corrected chi connectivity index (χ0v) is 13.4. The molecule has 0 atom stereocenters. The average Bonchev–Trinajstić information content (AvgIpc) is 3.09. The number of benzene rings is 2. The Morgan fingerprint density at radius 3 is 2.20 bits per heavy atom. The molecule has 1 aromatic heterocycles. The number of imidazole rings is 1. The second-order valence-corrected chi connectivity index (χ2v) is 5.12. The van der Waals surface area contributed by atoms with E-state index in [2.05, 4.69) is 25.1 Å². The summed E-state index contributed by atoms with van der Waals surface area (Å²) >= 11 is 0. The highest BCUT2D eigenvalue weighted by atomic mass is 15.2. The summed E-state index contributed by atoms with van der Waals surface area (Å²) in [5, 5.41) is 25.7. The maximum Gasteiger partial charge on any atom is 0.249 e. The van der Waals surface area contributed by atoms with Crippen LogP contribution in [0.15, 0.2) is 64.8 Å². The lowest BCUT2D eigenvalue weighted by Crippen LogP contribution is -2.08. The Hall–Kier alpha value is -3.97. The Morgan fingerprint density at radius 1 is 0.920 bits per heavy atom. The normalized spacial score (nSPS) is 10.4. The van der Waals surface area contributed by atoms with Gasteiger partial charge in [-0.25, -0.2) is 0 Å². The third-order valence-corrected chi connectivity index (χ3v) is 3.55. The van der Waals surface area contributed by atoms with Gasteiger partial charge in [0.2, 0.25) is 5.95 Å². The van der Waals surface area contributed by atoms with Crippen LogP contribution in [-0.4, -0.2) is 17.0 Å². The zero-order valence-electron chi connectivity index (χ0n) is 13.4. The van der Waals surface area contributed by atoms with Crippen molar-refractivity contribution in [1.29, 1.82) is 10.5 Å². The molecule has 1 heterocycles. The second-order valence-electron chi connectivity index (χ2n) is 5.12. The van der Waals surface area contributed by atoms with Gasteiger partial charge in [-0.3, -0.25) is 0 Å². The molecular formula is C18H13N7. The van der Waals surface area contributed by atoms with E-state index < -0.39 is 0 Å². The van der Waals surface area contributed by atoms with Crippen LogP contribution in [0.3, 0.4) is 0 Å². The van der Waals surface area contributed by atoms with Crippen LogP contribution in [0.1, 0.15) is 11.4 Å². The number of hydrogen-bond acceptors (Lipinski definition) is 6. The number of H-pyrrole nitrogens is 1. The summed E-state index contributed by atoms with van der Waals surface area (Å²) in [4.78, 5) is 8.59. The van der Waals surface area contributed by atoms with Crippen LogP contribution in [-0.2, 0) is 0 Å². The quantitative estimate of drug-likeness (QED) is 0.720. The fraction of sp³-hybridized carbons (Fsp3) is 0.0556. The standard InChI is InChI=1S/C18H13N7/c1-25(14-5-3-2-4-6-14)15-9-7-13(8-10-15)23-24-18-21-16(11-19)17(12-20)22-18/h2-10H,1H3,(H,21,22). The molecule has 120 valence electrons. The van der Waals surface area contributed by atoms with Gasteiger partial charge in [-0.05, 0) is 36.4 Å². The molecule has 0 saturated heterocycles. The van der Waals surface area contributed by atoms with E-state index in [0.717, 1.165) is 11.4 Å². The molecule has 7 heteroatoms. The molecule has 0 amide bonds. The number of rotatable bonds is 4. The van der Waals surface area contributed by atoms with E-state index in [1.807, 2.05) is 73.8 Å². The Bertz CT molecular complexity index is 942. The van der Waals surface area contributed by atoms with E-state index in [0.29, 0.717) is 5.69 Å². The van der Waals surface area contributed by atoms with E-state index in [-0.39, 0.29) is 17.3 Å². The van der Waals surface area contributed by atoms with Gasteiger partial charge in [0.05, 0.1) is 5.69 Å². The topological polar surface area (TPSA) is 104 Å². The summed E-state index contributed by atoms with van der Waals surface area (Å²) in [6.07, 6.45) is 0. The Labute approximate surface area is 144 Å². The number of nitriles is 2. The van der Waals surface area contributed by atoms with Crippen molar-refractivity contribution >= 4 is 23.0 Å². The lowest BCUT2D eigenvalue weighted by molar-refractivity contribution is 1.12. The molecule has 25 heavy (non-hydrogen) atoms. The molecule has 0 saturated carbocycles.